The topological polar surface area (TPSA) is 91.6 Å². The van der Waals surface area contributed by atoms with Crippen molar-refractivity contribution in [2.24, 2.45) is 11.8 Å². The first-order valence-corrected chi connectivity index (χ1v) is 19.0. The maximum absolute atomic E-state index is 14.5. The van der Waals surface area contributed by atoms with Crippen LogP contribution < -0.4 is 10.9 Å². The Morgan fingerprint density at radius 3 is 2.22 bits per heavy atom. The lowest BCUT2D eigenvalue weighted by Crippen LogP contribution is -2.41. The minimum absolute atomic E-state index is 0.103. The Kier molecular flexibility index (Phi) is 11.2. The van der Waals surface area contributed by atoms with Crippen molar-refractivity contribution in [2.75, 3.05) is 19.6 Å². The number of nitrogens with zero attached hydrogens (tertiary/aromatic N) is 2. The van der Waals surface area contributed by atoms with Gasteiger partial charge in [-0.25, -0.2) is 8.78 Å². The molecule has 1 saturated carbocycles. The number of hydrogen-bond acceptors (Lipinski definition) is 4. The van der Waals surface area contributed by atoms with E-state index in [4.69, 9.17) is 0 Å². The molecule has 3 aromatic rings. The first kappa shape index (κ1) is 39.6. The zero-order valence-electron chi connectivity index (χ0n) is 31.6. The number of carboxylic acids is 1. The number of fused-ring (bicyclic) bond motifs is 1. The Bertz CT molecular complexity index is 1960. The number of alkyl halides is 5. The van der Waals surface area contributed by atoms with Crippen LogP contribution in [-0.2, 0) is 28.6 Å². The molecule has 2 N–H and O–H groups in total. The third-order valence-electron chi connectivity index (χ3n) is 11.5. The Morgan fingerprint density at radius 2 is 1.65 bits per heavy atom. The van der Waals surface area contributed by atoms with Gasteiger partial charge in [0.15, 0.2) is 0 Å². The number of aliphatic carboxylic acids is 1. The molecule has 54 heavy (non-hydrogen) atoms. The summed E-state index contributed by atoms with van der Waals surface area (Å²) in [6.07, 6.45) is -0.996. The highest BCUT2D eigenvalue weighted by Gasteiger charge is 2.57. The lowest BCUT2D eigenvalue weighted by atomic mass is 9.86. The molecule has 292 valence electrons. The molecule has 0 spiro atoms. The van der Waals surface area contributed by atoms with E-state index < -0.39 is 65.4 Å². The number of carboxylic acid groups (broad SMARTS) is 1. The van der Waals surface area contributed by atoms with Crippen LogP contribution in [0.4, 0.5) is 22.0 Å². The van der Waals surface area contributed by atoms with Crippen molar-refractivity contribution in [2.45, 2.75) is 116 Å². The standard InChI is InChI=1S/C42H50F5N3O4/c1-23(2)13-36(50-22-33(34(18-37(50)51)42(45,46)47)27-9-11-49(12-10-27)21-30-20-41(30,43)44)40(54)48-35(19-38(52)53)29-16-28-7-6-8-31(28)32(17-29)39-25(4)14-24(3)15-26(39)5/h14-18,22-23,27,30,35-36H,6-13,19-21H2,1-5H3,(H,48,54)(H,52,53)/t30?,35-,36-/m1/s1. The molecule has 2 heterocycles. The zero-order chi connectivity index (χ0) is 39.3. The monoisotopic (exact) mass is 755 g/mol. The molecule has 0 bridgehead atoms. The third-order valence-corrected chi connectivity index (χ3v) is 11.5. The molecule has 2 aromatic carbocycles. The summed E-state index contributed by atoms with van der Waals surface area (Å²) in [5.41, 5.74) is 6.12. The molecule has 1 unspecified atom stereocenters. The number of halogens is 5. The number of rotatable bonds is 12. The van der Waals surface area contributed by atoms with Crippen molar-refractivity contribution in [1.82, 2.24) is 14.8 Å². The summed E-state index contributed by atoms with van der Waals surface area (Å²) in [5.74, 6) is -5.98. The fraction of sp³-hybridized carbons (Fsp3) is 0.548. The second-order valence-corrected chi connectivity index (χ2v) is 16.3. The number of aromatic nitrogens is 1. The van der Waals surface area contributed by atoms with Crippen molar-refractivity contribution in [1.29, 1.82) is 0 Å². The van der Waals surface area contributed by atoms with Gasteiger partial charge in [-0.2, -0.15) is 13.2 Å². The van der Waals surface area contributed by atoms with Crippen molar-refractivity contribution in [3.63, 3.8) is 0 Å². The molecular weight excluding hydrogens is 705 g/mol. The van der Waals surface area contributed by atoms with Crippen LogP contribution >= 0.6 is 0 Å². The number of hydrogen-bond donors (Lipinski definition) is 2. The summed E-state index contributed by atoms with van der Waals surface area (Å²) >= 11 is 0. The fourth-order valence-electron chi connectivity index (χ4n) is 8.83. The first-order valence-electron chi connectivity index (χ1n) is 19.0. The van der Waals surface area contributed by atoms with Crippen LogP contribution in [0.15, 0.2) is 41.3 Å². The molecule has 7 nitrogen and oxygen atoms in total. The van der Waals surface area contributed by atoms with Crippen LogP contribution in [-0.4, -0.2) is 52.0 Å². The van der Waals surface area contributed by atoms with Crippen molar-refractivity contribution in [3.8, 4) is 11.1 Å². The molecular formula is C42H50F5N3O4. The number of nitrogens with one attached hydrogen (secondary N) is 1. The van der Waals surface area contributed by atoms with Gasteiger partial charge in [-0.15, -0.1) is 0 Å². The van der Waals surface area contributed by atoms with Gasteiger partial charge in [0.2, 0.25) is 5.91 Å². The highest BCUT2D eigenvalue weighted by molar-refractivity contribution is 5.82. The molecule has 1 aliphatic heterocycles. The van der Waals surface area contributed by atoms with E-state index in [0.29, 0.717) is 24.7 Å². The fourth-order valence-corrected chi connectivity index (χ4v) is 8.83. The molecule has 3 atom stereocenters. The smallest absolute Gasteiger partial charge is 0.416 e. The van der Waals surface area contributed by atoms with Gasteiger partial charge in [-0.1, -0.05) is 37.6 Å². The molecule has 1 saturated heterocycles. The predicted molar refractivity (Wildman–Crippen MR) is 197 cm³/mol. The second kappa shape index (κ2) is 15.2. The average Bonchev–Trinajstić information content (AvgIpc) is 3.41. The Labute approximate surface area is 312 Å². The van der Waals surface area contributed by atoms with E-state index in [1.54, 1.807) is 0 Å². The Hall–Kier alpha value is -4.06. The van der Waals surface area contributed by atoms with E-state index >= 15 is 0 Å². The van der Waals surface area contributed by atoms with E-state index in [2.05, 4.69) is 17.4 Å². The van der Waals surface area contributed by atoms with Crippen molar-refractivity contribution in [3.05, 3.63) is 91.4 Å². The second-order valence-electron chi connectivity index (χ2n) is 16.3. The van der Waals surface area contributed by atoms with Crippen molar-refractivity contribution < 1.29 is 36.6 Å². The van der Waals surface area contributed by atoms with Gasteiger partial charge < -0.3 is 19.9 Å². The molecule has 1 aromatic heterocycles. The molecule has 6 rings (SSSR count). The number of carbonyl (C=O) groups is 2. The summed E-state index contributed by atoms with van der Waals surface area (Å²) < 4.78 is 71.6. The lowest BCUT2D eigenvalue weighted by Gasteiger charge is -2.34. The van der Waals surface area contributed by atoms with Crippen LogP contribution in [0.2, 0.25) is 0 Å². The summed E-state index contributed by atoms with van der Waals surface area (Å²) in [4.78, 5) is 42.0. The Balaban J connectivity index is 1.34. The van der Waals surface area contributed by atoms with Gasteiger partial charge in [-0.3, -0.25) is 14.4 Å². The lowest BCUT2D eigenvalue weighted by molar-refractivity contribution is -0.139. The molecule has 2 aliphatic carbocycles. The highest BCUT2D eigenvalue weighted by Crippen LogP contribution is 2.49. The SMILES string of the molecule is Cc1cc(C)c(-c2cc([C@@H](CC(=O)O)NC(=O)[C@@H](CC(C)C)n3cc(C4CCN(CC5CC5(F)F)CC4)c(C(F)(F)F)cc3=O)cc3c2CCC3)c(C)c1. The van der Waals surface area contributed by atoms with Gasteiger partial charge >= 0.3 is 12.1 Å². The number of benzene rings is 2. The van der Waals surface area contributed by atoms with E-state index in [9.17, 15) is 41.4 Å². The van der Waals surface area contributed by atoms with Gasteiger partial charge in [0.1, 0.15) is 6.04 Å². The predicted octanol–water partition coefficient (Wildman–Crippen LogP) is 8.70. The Morgan fingerprint density at radius 1 is 1.00 bits per heavy atom. The van der Waals surface area contributed by atoms with Gasteiger partial charge in [0, 0.05) is 31.1 Å². The quantitative estimate of drug-likeness (QED) is 0.181. The van der Waals surface area contributed by atoms with E-state index in [-0.39, 0.29) is 43.7 Å². The molecule has 12 heteroatoms. The van der Waals surface area contributed by atoms with E-state index in [0.717, 1.165) is 63.4 Å². The number of pyridine rings is 1. The maximum Gasteiger partial charge on any atom is 0.416 e. The van der Waals surface area contributed by atoms with Crippen molar-refractivity contribution >= 4 is 11.9 Å². The van der Waals surface area contributed by atoms with Gasteiger partial charge in [0.25, 0.3) is 11.5 Å². The summed E-state index contributed by atoms with van der Waals surface area (Å²) in [7, 11) is 0. The largest absolute Gasteiger partial charge is 0.481 e. The molecule has 3 aliphatic rings. The number of likely N-dealkylation sites (tertiary alicyclic amines) is 1. The number of carbonyl (C=O) groups excluding carboxylic acids is 1. The summed E-state index contributed by atoms with van der Waals surface area (Å²) in [6.45, 7) is 10.7. The third kappa shape index (κ3) is 8.58. The molecule has 0 radical (unpaired) electrons. The van der Waals surface area contributed by atoms with Crippen LogP contribution in [0.5, 0.6) is 0 Å². The van der Waals surface area contributed by atoms with E-state index in [1.165, 1.54) is 5.56 Å². The van der Waals surface area contributed by atoms with Crippen LogP contribution in [0.25, 0.3) is 11.1 Å². The van der Waals surface area contributed by atoms with Gasteiger partial charge in [0.05, 0.1) is 18.0 Å². The molecule has 1 amide bonds. The molecule has 2 fully saturated rings. The van der Waals surface area contributed by atoms with Crippen LogP contribution in [0, 0.1) is 32.6 Å². The number of piperidine rings is 1. The minimum atomic E-state index is -4.83. The average molecular weight is 756 g/mol. The number of aryl methyl sites for hydroxylation is 4. The summed E-state index contributed by atoms with van der Waals surface area (Å²) in [5, 5.41) is 12.9. The van der Waals surface area contributed by atoms with Crippen LogP contribution in [0.3, 0.4) is 0 Å². The normalized spacial score (nSPS) is 19.8. The zero-order valence-corrected chi connectivity index (χ0v) is 31.6. The maximum atomic E-state index is 14.5. The van der Waals surface area contributed by atoms with E-state index in [1.807, 2.05) is 51.7 Å². The summed E-state index contributed by atoms with van der Waals surface area (Å²) in [6, 6.07) is 6.49. The highest BCUT2D eigenvalue weighted by atomic mass is 19.4. The first-order chi connectivity index (χ1) is 25.3. The number of amides is 1. The van der Waals surface area contributed by atoms with Crippen LogP contribution in [0.1, 0.15) is 115 Å². The minimum Gasteiger partial charge on any atom is -0.481 e. The van der Waals surface area contributed by atoms with Gasteiger partial charge in [-0.05, 0) is 135 Å².